The van der Waals surface area contributed by atoms with Crippen LogP contribution in [0.15, 0.2) is 22.7 Å². The molecule has 0 unspecified atom stereocenters. The molecule has 0 aliphatic heterocycles. The minimum absolute atomic E-state index is 0.0173. The average Bonchev–Trinajstić information content (AvgIpc) is 2.99. The number of nitrogens with zero attached hydrogens (tertiary/aromatic N) is 4. The Bertz CT molecular complexity index is 704. The van der Waals surface area contributed by atoms with Crippen molar-refractivity contribution in [2.75, 3.05) is 32.3 Å². The summed E-state index contributed by atoms with van der Waals surface area (Å²) in [7, 11) is 4.89. The van der Waals surface area contributed by atoms with Crippen LogP contribution < -0.4 is 10.1 Å². The van der Waals surface area contributed by atoms with Crippen molar-refractivity contribution >= 4 is 40.0 Å². The van der Waals surface area contributed by atoms with E-state index in [0.717, 1.165) is 0 Å². The van der Waals surface area contributed by atoms with Crippen molar-refractivity contribution in [3.8, 4) is 5.75 Å². The molecule has 0 aliphatic rings. The van der Waals surface area contributed by atoms with Gasteiger partial charge in [0, 0.05) is 26.4 Å². The number of anilines is 1. The molecule has 0 atom stereocenters. The van der Waals surface area contributed by atoms with E-state index >= 15 is 0 Å². The molecule has 1 N–H and O–H groups in total. The van der Waals surface area contributed by atoms with Gasteiger partial charge in [-0.2, -0.15) is 0 Å². The van der Waals surface area contributed by atoms with Gasteiger partial charge in [0.2, 0.25) is 11.0 Å². The molecule has 2 aromatic rings. The molecule has 0 bridgehead atoms. The van der Waals surface area contributed by atoms with Gasteiger partial charge in [-0.25, -0.2) is 0 Å². The Labute approximate surface area is 141 Å². The van der Waals surface area contributed by atoms with Crippen LogP contribution in [0.25, 0.3) is 0 Å². The van der Waals surface area contributed by atoms with Crippen molar-refractivity contribution in [2.45, 2.75) is 4.34 Å². The Morgan fingerprint density at radius 1 is 1.39 bits per heavy atom. The fourth-order valence-corrected chi connectivity index (χ4v) is 3.12. The van der Waals surface area contributed by atoms with E-state index in [0.29, 0.717) is 15.2 Å². The molecule has 0 aliphatic carbocycles. The third-order valence-corrected chi connectivity index (χ3v) is 4.60. The predicted molar refractivity (Wildman–Crippen MR) is 88.1 cm³/mol. The van der Waals surface area contributed by atoms with Crippen LogP contribution in [0.1, 0.15) is 10.5 Å². The summed E-state index contributed by atoms with van der Waals surface area (Å²) in [6, 6.07) is 3.18. The van der Waals surface area contributed by atoms with Crippen molar-refractivity contribution in [2.24, 2.45) is 0 Å². The summed E-state index contributed by atoms with van der Waals surface area (Å²) in [4.78, 5) is 29.1. The zero-order valence-electron chi connectivity index (χ0n) is 12.8. The number of hydrogen-bond acceptors (Lipinski definition) is 8. The Morgan fingerprint density at radius 2 is 2.17 bits per heavy atom. The van der Waals surface area contributed by atoms with Crippen molar-refractivity contribution in [3.63, 3.8) is 0 Å². The van der Waals surface area contributed by atoms with Gasteiger partial charge in [0.25, 0.3) is 5.91 Å². The number of hydrogen-bond donors (Lipinski definition) is 1. The number of nitrogens with one attached hydrogen (secondary N) is 1. The number of thioether (sulfide) groups is 1. The molecule has 2 rings (SSSR count). The highest BCUT2D eigenvalue weighted by atomic mass is 32.2. The van der Waals surface area contributed by atoms with Gasteiger partial charge in [0.05, 0.1) is 12.9 Å². The smallest absolute Gasteiger partial charge is 0.276 e. The lowest BCUT2D eigenvalue weighted by molar-refractivity contribution is -0.125. The molecule has 23 heavy (non-hydrogen) atoms. The van der Waals surface area contributed by atoms with Crippen LogP contribution in [0.3, 0.4) is 0 Å². The average molecular weight is 353 g/mol. The van der Waals surface area contributed by atoms with Crippen molar-refractivity contribution in [1.29, 1.82) is 0 Å². The largest absolute Gasteiger partial charge is 0.497 e. The highest BCUT2D eigenvalue weighted by Gasteiger charge is 2.13. The molecule has 0 radical (unpaired) electrons. The number of methoxy groups -OCH3 is 1. The van der Waals surface area contributed by atoms with E-state index in [-0.39, 0.29) is 17.4 Å². The SMILES string of the molecule is COc1ccnc(C(=O)Nc2nnc(SCC(=O)N(C)C)s2)c1. The summed E-state index contributed by atoms with van der Waals surface area (Å²) >= 11 is 2.47. The molecule has 0 fully saturated rings. The first kappa shape index (κ1) is 17.2. The summed E-state index contributed by atoms with van der Waals surface area (Å²) in [5.74, 6) is 0.394. The number of carbonyl (C=O) groups excluding carboxylic acids is 2. The quantitative estimate of drug-likeness (QED) is 0.619. The second kappa shape index (κ2) is 7.88. The molecule has 2 amide bonds. The maximum Gasteiger partial charge on any atom is 0.276 e. The topological polar surface area (TPSA) is 97.3 Å². The van der Waals surface area contributed by atoms with Gasteiger partial charge >= 0.3 is 0 Å². The van der Waals surface area contributed by atoms with Crippen LogP contribution in [-0.4, -0.2) is 58.9 Å². The van der Waals surface area contributed by atoms with Gasteiger partial charge in [-0.15, -0.1) is 10.2 Å². The molecule has 2 aromatic heterocycles. The zero-order chi connectivity index (χ0) is 16.8. The Morgan fingerprint density at radius 3 is 2.87 bits per heavy atom. The standard InChI is InChI=1S/C13H15N5O3S2/c1-18(2)10(19)7-22-13-17-16-12(23-13)15-11(20)9-6-8(21-3)4-5-14-9/h4-6H,7H2,1-3H3,(H,15,16,20). The van der Waals surface area contributed by atoms with Crippen molar-refractivity contribution in [1.82, 2.24) is 20.1 Å². The van der Waals surface area contributed by atoms with E-state index in [1.807, 2.05) is 0 Å². The van der Waals surface area contributed by atoms with Gasteiger partial charge < -0.3 is 9.64 Å². The molecule has 0 saturated carbocycles. The maximum absolute atomic E-state index is 12.1. The normalized spacial score (nSPS) is 10.2. The van der Waals surface area contributed by atoms with Crippen LogP contribution in [0, 0.1) is 0 Å². The predicted octanol–water partition coefficient (Wildman–Crippen LogP) is 1.37. The van der Waals surface area contributed by atoms with Gasteiger partial charge in [0.1, 0.15) is 11.4 Å². The zero-order valence-corrected chi connectivity index (χ0v) is 14.4. The summed E-state index contributed by atoms with van der Waals surface area (Å²) < 4.78 is 5.65. The van der Waals surface area contributed by atoms with Gasteiger partial charge in [0.15, 0.2) is 4.34 Å². The Hall–Kier alpha value is -2.20. The van der Waals surface area contributed by atoms with E-state index in [1.54, 1.807) is 20.2 Å². The van der Waals surface area contributed by atoms with Crippen LogP contribution in [0.4, 0.5) is 5.13 Å². The van der Waals surface area contributed by atoms with E-state index in [9.17, 15) is 9.59 Å². The fourth-order valence-electron chi connectivity index (χ4n) is 1.39. The number of rotatable bonds is 6. The number of pyridine rings is 1. The minimum atomic E-state index is -0.402. The van der Waals surface area contributed by atoms with Crippen LogP contribution in [0.2, 0.25) is 0 Å². The van der Waals surface area contributed by atoms with Crippen molar-refractivity contribution < 1.29 is 14.3 Å². The Balaban J connectivity index is 1.95. The first-order valence-electron chi connectivity index (χ1n) is 6.47. The second-order valence-electron chi connectivity index (χ2n) is 4.48. The molecule has 2 heterocycles. The lowest BCUT2D eigenvalue weighted by Crippen LogP contribution is -2.23. The van der Waals surface area contributed by atoms with Gasteiger partial charge in [-0.05, 0) is 6.07 Å². The monoisotopic (exact) mass is 353 g/mol. The number of amides is 2. The third kappa shape index (κ3) is 4.89. The van der Waals surface area contributed by atoms with Crippen LogP contribution in [0.5, 0.6) is 5.75 Å². The molecule has 0 spiro atoms. The molecule has 0 saturated heterocycles. The molecule has 122 valence electrons. The number of aromatic nitrogens is 3. The first-order chi connectivity index (χ1) is 11.0. The van der Waals surface area contributed by atoms with E-state index in [1.165, 1.54) is 47.4 Å². The third-order valence-electron chi connectivity index (χ3n) is 2.64. The summed E-state index contributed by atoms with van der Waals surface area (Å²) in [5.41, 5.74) is 0.219. The van der Waals surface area contributed by atoms with Gasteiger partial charge in [-0.1, -0.05) is 23.1 Å². The highest BCUT2D eigenvalue weighted by molar-refractivity contribution is 8.01. The van der Waals surface area contributed by atoms with Crippen molar-refractivity contribution in [3.05, 3.63) is 24.0 Å². The molecule has 8 nitrogen and oxygen atoms in total. The fraction of sp³-hybridized carbons (Fsp3) is 0.308. The molecule has 0 aromatic carbocycles. The van der Waals surface area contributed by atoms with Gasteiger partial charge in [-0.3, -0.25) is 19.9 Å². The highest BCUT2D eigenvalue weighted by Crippen LogP contribution is 2.25. The number of carbonyl (C=O) groups is 2. The van der Waals surface area contributed by atoms with E-state index in [2.05, 4.69) is 20.5 Å². The summed E-state index contributed by atoms with van der Waals surface area (Å²) in [6.45, 7) is 0. The molecule has 10 heteroatoms. The lowest BCUT2D eigenvalue weighted by atomic mass is 10.3. The Kier molecular flexibility index (Phi) is 5.88. The molecular formula is C13H15N5O3S2. The van der Waals surface area contributed by atoms with E-state index < -0.39 is 5.91 Å². The number of ether oxygens (including phenoxy) is 1. The minimum Gasteiger partial charge on any atom is -0.497 e. The summed E-state index contributed by atoms with van der Waals surface area (Å²) in [6.07, 6.45) is 1.49. The maximum atomic E-state index is 12.1. The van der Waals surface area contributed by atoms with Crippen LogP contribution >= 0.6 is 23.1 Å². The second-order valence-corrected chi connectivity index (χ2v) is 6.68. The van der Waals surface area contributed by atoms with Crippen LogP contribution in [-0.2, 0) is 4.79 Å². The summed E-state index contributed by atoms with van der Waals surface area (Å²) in [5, 5.41) is 10.8. The molecular weight excluding hydrogens is 338 g/mol. The van der Waals surface area contributed by atoms with E-state index in [4.69, 9.17) is 4.74 Å². The first-order valence-corrected chi connectivity index (χ1v) is 8.27. The lowest BCUT2D eigenvalue weighted by Gasteiger charge is -2.07.